The van der Waals surface area contributed by atoms with Gasteiger partial charge in [0, 0.05) is 18.8 Å². The predicted octanol–water partition coefficient (Wildman–Crippen LogP) is 2.36. The second-order valence-corrected chi connectivity index (χ2v) is 6.68. The molecule has 0 saturated carbocycles. The number of rotatable bonds is 4. The van der Waals surface area contributed by atoms with Crippen molar-refractivity contribution in [2.24, 2.45) is 0 Å². The van der Waals surface area contributed by atoms with Crippen molar-refractivity contribution in [3.8, 4) is 5.75 Å². The Morgan fingerprint density at radius 3 is 2.48 bits per heavy atom. The van der Waals surface area contributed by atoms with Gasteiger partial charge < -0.3 is 10.8 Å². The highest BCUT2D eigenvalue weighted by Crippen LogP contribution is 2.26. The lowest BCUT2D eigenvalue weighted by molar-refractivity contribution is 0.475. The Hall–Kier alpha value is -2.21. The lowest BCUT2D eigenvalue weighted by atomic mass is 10.1. The van der Waals surface area contributed by atoms with E-state index in [0.29, 0.717) is 11.4 Å². The van der Waals surface area contributed by atoms with Crippen molar-refractivity contribution in [2.75, 3.05) is 17.1 Å². The maximum atomic E-state index is 12.6. The van der Waals surface area contributed by atoms with Crippen molar-refractivity contribution in [1.29, 1.82) is 0 Å². The van der Waals surface area contributed by atoms with Gasteiger partial charge >= 0.3 is 0 Å². The number of hydrogen-bond acceptors (Lipinski definition) is 4. The van der Waals surface area contributed by atoms with Crippen molar-refractivity contribution in [1.82, 2.24) is 0 Å². The fraction of sp³-hybridized carbons (Fsp3) is 0.200. The standard InChI is InChI=1S/C15H18N2O3S/c1-3-11-7-8-14(10-15(11)16)21(19,20)17(2)12-5-4-6-13(18)9-12/h4-10,18H,3,16H2,1-2H3. The smallest absolute Gasteiger partial charge is 0.264 e. The zero-order chi connectivity index (χ0) is 15.6. The first kappa shape index (κ1) is 15.2. The molecule has 0 aliphatic heterocycles. The molecule has 0 atom stereocenters. The molecule has 0 radical (unpaired) electrons. The molecule has 2 aromatic rings. The third kappa shape index (κ3) is 2.95. The lowest BCUT2D eigenvalue weighted by Crippen LogP contribution is -2.26. The lowest BCUT2D eigenvalue weighted by Gasteiger charge is -2.20. The van der Waals surface area contributed by atoms with Crippen molar-refractivity contribution < 1.29 is 13.5 Å². The van der Waals surface area contributed by atoms with Gasteiger partial charge in [-0.2, -0.15) is 0 Å². The van der Waals surface area contributed by atoms with Gasteiger partial charge in [0.1, 0.15) is 5.75 Å². The van der Waals surface area contributed by atoms with Crippen LogP contribution in [0.4, 0.5) is 11.4 Å². The summed E-state index contributed by atoms with van der Waals surface area (Å²) in [6.45, 7) is 1.96. The average molecular weight is 306 g/mol. The molecular weight excluding hydrogens is 288 g/mol. The van der Waals surface area contributed by atoms with Gasteiger partial charge in [-0.25, -0.2) is 8.42 Å². The van der Waals surface area contributed by atoms with Gasteiger partial charge in [0.2, 0.25) is 0 Å². The number of aryl methyl sites for hydroxylation is 1. The zero-order valence-corrected chi connectivity index (χ0v) is 12.8. The van der Waals surface area contributed by atoms with Gasteiger partial charge in [-0.15, -0.1) is 0 Å². The van der Waals surface area contributed by atoms with E-state index in [1.54, 1.807) is 24.3 Å². The highest BCUT2D eigenvalue weighted by molar-refractivity contribution is 7.92. The molecule has 0 spiro atoms. The predicted molar refractivity (Wildman–Crippen MR) is 83.9 cm³/mol. The molecule has 2 aromatic carbocycles. The molecule has 6 heteroatoms. The molecule has 0 aliphatic carbocycles. The van der Waals surface area contributed by atoms with Crippen molar-refractivity contribution in [3.63, 3.8) is 0 Å². The van der Waals surface area contributed by atoms with Crippen LogP contribution in [-0.2, 0) is 16.4 Å². The number of anilines is 2. The Morgan fingerprint density at radius 1 is 1.19 bits per heavy atom. The van der Waals surface area contributed by atoms with Crippen LogP contribution in [0.25, 0.3) is 0 Å². The molecule has 3 N–H and O–H groups in total. The number of aromatic hydroxyl groups is 1. The van der Waals surface area contributed by atoms with Gasteiger partial charge in [0.05, 0.1) is 10.6 Å². The normalized spacial score (nSPS) is 11.3. The Labute approximate surface area is 124 Å². The molecule has 0 saturated heterocycles. The number of sulfonamides is 1. The fourth-order valence-electron chi connectivity index (χ4n) is 2.04. The summed E-state index contributed by atoms with van der Waals surface area (Å²) in [6, 6.07) is 10.8. The Kier molecular flexibility index (Phi) is 4.09. The van der Waals surface area contributed by atoms with Gasteiger partial charge in [-0.3, -0.25) is 4.31 Å². The molecule has 0 heterocycles. The molecule has 0 bridgehead atoms. The van der Waals surface area contributed by atoms with Crippen LogP contribution >= 0.6 is 0 Å². The van der Waals surface area contributed by atoms with E-state index in [-0.39, 0.29) is 10.6 Å². The molecule has 0 fully saturated rings. The van der Waals surface area contributed by atoms with E-state index in [1.165, 1.54) is 25.2 Å². The highest BCUT2D eigenvalue weighted by Gasteiger charge is 2.22. The largest absolute Gasteiger partial charge is 0.508 e. The maximum Gasteiger partial charge on any atom is 0.264 e. The number of nitrogens with two attached hydrogens (primary N) is 1. The molecule has 5 nitrogen and oxygen atoms in total. The molecule has 0 aliphatic rings. The first-order valence-electron chi connectivity index (χ1n) is 6.52. The van der Waals surface area contributed by atoms with E-state index in [9.17, 15) is 13.5 Å². The molecular formula is C15H18N2O3S. The van der Waals surface area contributed by atoms with Crippen LogP contribution in [0.2, 0.25) is 0 Å². The SMILES string of the molecule is CCc1ccc(S(=O)(=O)N(C)c2cccc(O)c2)cc1N. The third-order valence-corrected chi connectivity index (χ3v) is 5.13. The fourth-order valence-corrected chi connectivity index (χ4v) is 3.26. The minimum absolute atomic E-state index is 0.00962. The van der Waals surface area contributed by atoms with Crippen LogP contribution in [0, 0.1) is 0 Å². The minimum atomic E-state index is -3.71. The van der Waals surface area contributed by atoms with Gasteiger partial charge in [-0.05, 0) is 36.2 Å². The number of nitrogen functional groups attached to an aromatic ring is 1. The van der Waals surface area contributed by atoms with Gasteiger partial charge in [0.15, 0.2) is 0 Å². The molecule has 0 aromatic heterocycles. The summed E-state index contributed by atoms with van der Waals surface area (Å²) in [4.78, 5) is 0.128. The van der Waals surface area contributed by atoms with Crippen LogP contribution in [0.5, 0.6) is 5.75 Å². The van der Waals surface area contributed by atoms with E-state index >= 15 is 0 Å². The molecule has 0 amide bonds. The second kappa shape index (κ2) is 5.65. The Balaban J connectivity index is 2.44. The van der Waals surface area contributed by atoms with E-state index in [1.807, 2.05) is 6.92 Å². The van der Waals surface area contributed by atoms with Crippen LogP contribution < -0.4 is 10.0 Å². The van der Waals surface area contributed by atoms with Crippen LogP contribution in [0.1, 0.15) is 12.5 Å². The van der Waals surface area contributed by atoms with Crippen LogP contribution in [0.3, 0.4) is 0 Å². The summed E-state index contributed by atoms with van der Waals surface area (Å²) in [6.07, 6.45) is 0.745. The van der Waals surface area contributed by atoms with E-state index < -0.39 is 10.0 Å². The van der Waals surface area contributed by atoms with Crippen molar-refractivity contribution in [2.45, 2.75) is 18.2 Å². The summed E-state index contributed by atoms with van der Waals surface area (Å²) in [5, 5.41) is 9.47. The quantitative estimate of drug-likeness (QED) is 0.849. The number of benzene rings is 2. The monoisotopic (exact) mass is 306 g/mol. The van der Waals surface area contributed by atoms with E-state index in [4.69, 9.17) is 5.73 Å². The summed E-state index contributed by atoms with van der Waals surface area (Å²) in [7, 11) is -2.28. The van der Waals surface area contributed by atoms with Gasteiger partial charge in [0.25, 0.3) is 10.0 Å². The topological polar surface area (TPSA) is 83.6 Å². The van der Waals surface area contributed by atoms with E-state index in [2.05, 4.69) is 0 Å². The summed E-state index contributed by atoms with van der Waals surface area (Å²) in [5.74, 6) is 0.00962. The molecule has 2 rings (SSSR count). The Bertz CT molecular complexity index is 757. The van der Waals surface area contributed by atoms with E-state index in [0.717, 1.165) is 16.3 Å². The Morgan fingerprint density at radius 2 is 1.90 bits per heavy atom. The van der Waals surface area contributed by atoms with Crippen molar-refractivity contribution >= 4 is 21.4 Å². The van der Waals surface area contributed by atoms with Crippen LogP contribution in [-0.4, -0.2) is 20.6 Å². The molecule has 112 valence electrons. The second-order valence-electron chi connectivity index (χ2n) is 4.71. The minimum Gasteiger partial charge on any atom is -0.508 e. The highest BCUT2D eigenvalue weighted by atomic mass is 32.2. The maximum absolute atomic E-state index is 12.6. The first-order valence-corrected chi connectivity index (χ1v) is 7.96. The number of nitrogens with zero attached hydrogens (tertiary/aromatic N) is 1. The zero-order valence-electron chi connectivity index (χ0n) is 11.9. The third-order valence-electron chi connectivity index (χ3n) is 3.35. The summed E-state index contributed by atoms with van der Waals surface area (Å²) >= 11 is 0. The number of phenolic OH excluding ortho intramolecular Hbond substituents is 1. The van der Waals surface area contributed by atoms with Gasteiger partial charge in [-0.1, -0.05) is 19.1 Å². The van der Waals surface area contributed by atoms with Crippen LogP contribution in [0.15, 0.2) is 47.4 Å². The van der Waals surface area contributed by atoms with Crippen molar-refractivity contribution in [3.05, 3.63) is 48.0 Å². The molecule has 21 heavy (non-hydrogen) atoms. The average Bonchev–Trinajstić information content (AvgIpc) is 2.46. The number of phenols is 1. The summed E-state index contributed by atoms with van der Waals surface area (Å²) < 4.78 is 26.3. The first-order chi connectivity index (χ1) is 9.86. The molecule has 0 unspecified atom stereocenters. The number of hydrogen-bond donors (Lipinski definition) is 2. The summed E-state index contributed by atoms with van der Waals surface area (Å²) in [5.41, 5.74) is 7.62.